The molecule has 6 nitrogen and oxygen atoms in total. The Morgan fingerprint density at radius 3 is 2.33 bits per heavy atom. The Balaban J connectivity index is 2.70. The molecule has 1 rings (SSSR count). The van der Waals surface area contributed by atoms with Crippen LogP contribution < -0.4 is 5.32 Å². The van der Waals surface area contributed by atoms with Crippen LogP contribution in [0.25, 0.3) is 0 Å². The van der Waals surface area contributed by atoms with E-state index in [9.17, 15) is 13.2 Å². The van der Waals surface area contributed by atoms with Crippen molar-refractivity contribution in [3.05, 3.63) is 34.9 Å². The Bertz CT molecular complexity index is 637. The summed E-state index contributed by atoms with van der Waals surface area (Å²) in [6.45, 7) is 5.29. The Hall–Kier alpha value is -1.31. The molecule has 0 bridgehead atoms. The van der Waals surface area contributed by atoms with E-state index in [1.165, 1.54) is 0 Å². The average molecular weight is 378 g/mol. The first-order valence-electron chi connectivity index (χ1n) is 7.53. The number of carbonyl (C=O) groups excluding carboxylic acids is 1. The monoisotopic (exact) mass is 377 g/mol. The van der Waals surface area contributed by atoms with Crippen molar-refractivity contribution in [2.45, 2.75) is 45.3 Å². The highest BCUT2D eigenvalue weighted by atomic mass is 35.5. The minimum absolute atomic E-state index is 0.0209. The number of ether oxygens (including phenoxy) is 1. The van der Waals surface area contributed by atoms with E-state index in [1.807, 2.05) is 12.1 Å². The molecular weight excluding hydrogens is 354 g/mol. The lowest BCUT2D eigenvalue weighted by atomic mass is 10.0. The number of halogens is 1. The van der Waals surface area contributed by atoms with E-state index < -0.39 is 21.8 Å². The Kier molecular flexibility index (Phi) is 7.51. The summed E-state index contributed by atoms with van der Waals surface area (Å²) in [7, 11) is -3.52. The molecule has 0 saturated carbocycles. The summed E-state index contributed by atoms with van der Waals surface area (Å²) in [5, 5.41) is 3.38. The van der Waals surface area contributed by atoms with Gasteiger partial charge < -0.3 is 10.1 Å². The number of hydrogen-bond donors (Lipinski definition) is 1. The first-order chi connectivity index (χ1) is 10.9. The van der Waals surface area contributed by atoms with Gasteiger partial charge in [0.05, 0.1) is 12.9 Å². The third-order valence-electron chi connectivity index (χ3n) is 2.88. The molecule has 1 atom stereocenters. The lowest BCUT2D eigenvalue weighted by Crippen LogP contribution is -2.41. The standard InChI is InChI=1S/C16H24ClNO5S/c1-16(2,3)23-15(19)18-14(9-10-22-24(4,20)21)11-12-5-7-13(17)8-6-12/h5-8,14H,9-11H2,1-4H3,(H,18,19)/t14-/m0/s1. The molecule has 1 aromatic rings. The van der Waals surface area contributed by atoms with Crippen LogP contribution in [-0.4, -0.2) is 39.0 Å². The van der Waals surface area contributed by atoms with Crippen LogP contribution in [0.3, 0.4) is 0 Å². The van der Waals surface area contributed by atoms with Crippen molar-refractivity contribution in [3.8, 4) is 0 Å². The summed E-state index contributed by atoms with van der Waals surface area (Å²) in [6.07, 6.45) is 1.27. The van der Waals surface area contributed by atoms with Crippen molar-refractivity contribution in [2.75, 3.05) is 12.9 Å². The smallest absolute Gasteiger partial charge is 0.407 e. The van der Waals surface area contributed by atoms with Gasteiger partial charge in [0.15, 0.2) is 0 Å². The van der Waals surface area contributed by atoms with Gasteiger partial charge in [0.1, 0.15) is 5.60 Å². The Morgan fingerprint density at radius 1 is 1.25 bits per heavy atom. The zero-order chi connectivity index (χ0) is 18.4. The fourth-order valence-corrected chi connectivity index (χ4v) is 2.47. The molecule has 0 radical (unpaired) electrons. The molecule has 0 aromatic heterocycles. The van der Waals surface area contributed by atoms with E-state index in [2.05, 4.69) is 5.32 Å². The lowest BCUT2D eigenvalue weighted by Gasteiger charge is -2.23. The SMILES string of the molecule is CC(C)(C)OC(=O)N[C@@H](CCOS(C)(=O)=O)Cc1ccc(Cl)cc1. The summed E-state index contributed by atoms with van der Waals surface area (Å²) >= 11 is 5.86. The van der Waals surface area contributed by atoms with Gasteiger partial charge in [0.25, 0.3) is 10.1 Å². The fourth-order valence-electron chi connectivity index (χ4n) is 1.95. The van der Waals surface area contributed by atoms with Crippen LogP contribution in [0.5, 0.6) is 0 Å². The molecule has 0 aliphatic carbocycles. The summed E-state index contributed by atoms with van der Waals surface area (Å²) < 4.78 is 32.1. The number of carbonyl (C=O) groups is 1. The number of nitrogens with one attached hydrogen (secondary N) is 1. The van der Waals surface area contributed by atoms with Crippen LogP contribution >= 0.6 is 11.6 Å². The Morgan fingerprint density at radius 2 is 1.83 bits per heavy atom. The van der Waals surface area contributed by atoms with Crippen molar-refractivity contribution in [2.24, 2.45) is 0 Å². The molecule has 0 fully saturated rings. The minimum atomic E-state index is -3.52. The van der Waals surface area contributed by atoms with Crippen molar-refractivity contribution < 1.29 is 22.1 Å². The summed E-state index contributed by atoms with van der Waals surface area (Å²) in [4.78, 5) is 12.0. The van der Waals surface area contributed by atoms with Crippen LogP contribution in [0.2, 0.25) is 5.02 Å². The van der Waals surface area contributed by atoms with Gasteiger partial charge in [-0.2, -0.15) is 8.42 Å². The molecule has 1 amide bonds. The summed E-state index contributed by atoms with van der Waals surface area (Å²) in [5.41, 5.74) is 0.345. The van der Waals surface area contributed by atoms with Gasteiger partial charge in [0, 0.05) is 11.1 Å². The number of rotatable bonds is 7. The highest BCUT2D eigenvalue weighted by molar-refractivity contribution is 7.85. The van der Waals surface area contributed by atoms with Crippen LogP contribution in [0, 0.1) is 0 Å². The van der Waals surface area contributed by atoms with Crippen molar-refractivity contribution in [1.29, 1.82) is 0 Å². The zero-order valence-electron chi connectivity index (χ0n) is 14.3. The molecule has 1 N–H and O–H groups in total. The molecular formula is C16H24ClNO5S. The van der Waals surface area contributed by atoms with E-state index in [-0.39, 0.29) is 12.6 Å². The van der Waals surface area contributed by atoms with E-state index in [1.54, 1.807) is 32.9 Å². The first-order valence-corrected chi connectivity index (χ1v) is 9.72. The maximum Gasteiger partial charge on any atom is 0.407 e. The van der Waals surface area contributed by atoms with E-state index in [4.69, 9.17) is 20.5 Å². The largest absolute Gasteiger partial charge is 0.444 e. The highest BCUT2D eigenvalue weighted by Crippen LogP contribution is 2.13. The number of hydrogen-bond acceptors (Lipinski definition) is 5. The van der Waals surface area contributed by atoms with Gasteiger partial charge in [-0.1, -0.05) is 23.7 Å². The minimum Gasteiger partial charge on any atom is -0.444 e. The predicted molar refractivity (Wildman–Crippen MR) is 93.7 cm³/mol. The molecule has 0 unspecified atom stereocenters. The predicted octanol–water partition coefficient (Wildman–Crippen LogP) is 3.14. The maximum atomic E-state index is 12.0. The van der Waals surface area contributed by atoms with Gasteiger partial charge in [-0.3, -0.25) is 4.18 Å². The average Bonchev–Trinajstić information content (AvgIpc) is 2.37. The van der Waals surface area contributed by atoms with Gasteiger partial charge in [0.2, 0.25) is 0 Å². The molecule has 8 heteroatoms. The Labute approximate surface area is 148 Å². The third-order valence-corrected chi connectivity index (χ3v) is 3.73. The fraction of sp³-hybridized carbons (Fsp3) is 0.562. The van der Waals surface area contributed by atoms with Crippen LogP contribution in [0.15, 0.2) is 24.3 Å². The molecule has 1 aromatic carbocycles. The number of benzene rings is 1. The van der Waals surface area contributed by atoms with Crippen molar-refractivity contribution >= 4 is 27.8 Å². The van der Waals surface area contributed by atoms with Gasteiger partial charge in [-0.25, -0.2) is 4.79 Å². The summed E-state index contributed by atoms with van der Waals surface area (Å²) in [5.74, 6) is 0. The molecule has 0 aliphatic heterocycles. The number of amides is 1. The van der Waals surface area contributed by atoms with E-state index >= 15 is 0 Å². The second-order valence-corrected chi connectivity index (χ2v) is 8.57. The second kappa shape index (κ2) is 8.69. The van der Waals surface area contributed by atoms with Crippen LogP contribution in [0.1, 0.15) is 32.8 Å². The normalized spacial score (nSPS) is 13.4. The highest BCUT2D eigenvalue weighted by Gasteiger charge is 2.20. The zero-order valence-corrected chi connectivity index (χ0v) is 15.9. The lowest BCUT2D eigenvalue weighted by molar-refractivity contribution is 0.0498. The van der Waals surface area contributed by atoms with Gasteiger partial charge in [-0.05, 0) is 51.3 Å². The van der Waals surface area contributed by atoms with E-state index in [0.717, 1.165) is 11.8 Å². The van der Waals surface area contributed by atoms with Crippen molar-refractivity contribution in [1.82, 2.24) is 5.32 Å². The van der Waals surface area contributed by atoms with Crippen LogP contribution in [-0.2, 0) is 25.5 Å². The molecule has 0 aliphatic rings. The number of alkyl carbamates (subject to hydrolysis) is 1. The topological polar surface area (TPSA) is 81.7 Å². The van der Waals surface area contributed by atoms with Crippen molar-refractivity contribution in [3.63, 3.8) is 0 Å². The third kappa shape index (κ3) is 9.75. The molecule has 0 spiro atoms. The molecule has 136 valence electrons. The quantitative estimate of drug-likeness (QED) is 0.738. The van der Waals surface area contributed by atoms with Gasteiger partial charge in [-0.15, -0.1) is 0 Å². The summed E-state index contributed by atoms with van der Waals surface area (Å²) in [6, 6.07) is 6.89. The maximum absolute atomic E-state index is 12.0. The van der Waals surface area contributed by atoms with Gasteiger partial charge >= 0.3 is 6.09 Å². The second-order valence-electron chi connectivity index (χ2n) is 6.49. The molecule has 24 heavy (non-hydrogen) atoms. The molecule has 0 saturated heterocycles. The first kappa shape index (κ1) is 20.7. The molecule has 0 heterocycles. The van der Waals surface area contributed by atoms with Crippen LogP contribution in [0.4, 0.5) is 4.79 Å². The van der Waals surface area contributed by atoms with E-state index in [0.29, 0.717) is 17.9 Å².